The summed E-state index contributed by atoms with van der Waals surface area (Å²) in [6, 6.07) is 10.8. The van der Waals surface area contributed by atoms with Crippen LogP contribution in [0.25, 0.3) is 11.1 Å². The van der Waals surface area contributed by atoms with E-state index >= 15 is 0 Å². The minimum atomic E-state index is -0.173. The number of aliphatic hydroxyl groups is 1. The highest BCUT2D eigenvalue weighted by atomic mass is 16.3. The molecule has 0 unspecified atom stereocenters. The normalized spacial score (nSPS) is 10.6. The maximum absolute atomic E-state index is 11.8. The number of amides is 1. The fourth-order valence-electron chi connectivity index (χ4n) is 2.87. The van der Waals surface area contributed by atoms with Crippen LogP contribution in [0.5, 0.6) is 11.5 Å². The van der Waals surface area contributed by atoms with E-state index in [1.807, 2.05) is 37.3 Å². The quantitative estimate of drug-likeness (QED) is 0.628. The summed E-state index contributed by atoms with van der Waals surface area (Å²) >= 11 is 0. The molecule has 24 heavy (non-hydrogen) atoms. The minimum absolute atomic E-state index is 0.00154. The van der Waals surface area contributed by atoms with Crippen molar-refractivity contribution in [2.24, 2.45) is 0 Å². The van der Waals surface area contributed by atoms with Crippen molar-refractivity contribution in [3.05, 3.63) is 47.5 Å². The lowest BCUT2D eigenvalue weighted by Gasteiger charge is -2.17. The number of nitrogens with one attached hydrogen (secondary N) is 1. The number of aliphatic hydroxyl groups excluding tert-OH is 1. The summed E-state index contributed by atoms with van der Waals surface area (Å²) in [5.41, 5.74) is 3.01. The van der Waals surface area contributed by atoms with Crippen molar-refractivity contribution in [2.45, 2.75) is 26.2 Å². The van der Waals surface area contributed by atoms with Gasteiger partial charge in [-0.05, 0) is 29.5 Å². The first-order valence-electron chi connectivity index (χ1n) is 8.08. The Hall–Kier alpha value is -2.53. The van der Waals surface area contributed by atoms with E-state index in [0.29, 0.717) is 18.4 Å². The first-order chi connectivity index (χ1) is 11.6. The van der Waals surface area contributed by atoms with E-state index in [0.717, 1.165) is 16.7 Å². The summed E-state index contributed by atoms with van der Waals surface area (Å²) in [6.07, 6.45) is 1.21. The second kappa shape index (κ2) is 8.36. The van der Waals surface area contributed by atoms with Gasteiger partial charge in [-0.2, -0.15) is 0 Å². The van der Waals surface area contributed by atoms with Gasteiger partial charge in [0.25, 0.3) is 0 Å². The van der Waals surface area contributed by atoms with Crippen molar-refractivity contribution < 1.29 is 20.1 Å². The first-order valence-corrected chi connectivity index (χ1v) is 8.08. The van der Waals surface area contributed by atoms with Crippen LogP contribution in [-0.4, -0.2) is 34.4 Å². The van der Waals surface area contributed by atoms with E-state index < -0.39 is 0 Å². The molecule has 0 saturated carbocycles. The van der Waals surface area contributed by atoms with Gasteiger partial charge in [0, 0.05) is 24.6 Å². The molecule has 0 heterocycles. The first kappa shape index (κ1) is 17.8. The smallest absolute Gasteiger partial charge is 0.220 e. The fraction of sp³-hybridized carbons (Fsp3) is 0.316. The Morgan fingerprint density at radius 3 is 2.42 bits per heavy atom. The number of carbonyl (C=O) groups excluding carboxylic acids is 1. The van der Waals surface area contributed by atoms with Crippen LogP contribution in [0, 0.1) is 0 Å². The molecule has 2 aromatic rings. The van der Waals surface area contributed by atoms with Crippen LogP contribution in [0.3, 0.4) is 0 Å². The van der Waals surface area contributed by atoms with Crippen molar-refractivity contribution in [1.82, 2.24) is 5.32 Å². The standard InChI is InChI=1S/C19H23NO4/c1-2-14-15(8-9-18(24)20-10-11-21)19(17(23)12-16(14)22)13-6-4-3-5-7-13/h3-7,12,21-23H,2,8-11H2,1H3,(H,20,24). The molecule has 0 spiro atoms. The van der Waals surface area contributed by atoms with E-state index in [2.05, 4.69) is 5.32 Å². The second-order valence-electron chi connectivity index (χ2n) is 5.54. The van der Waals surface area contributed by atoms with Crippen LogP contribution in [-0.2, 0) is 17.6 Å². The van der Waals surface area contributed by atoms with Crippen LogP contribution in [0.1, 0.15) is 24.5 Å². The number of hydrogen-bond donors (Lipinski definition) is 4. The average molecular weight is 329 g/mol. The molecule has 0 bridgehead atoms. The summed E-state index contributed by atoms with van der Waals surface area (Å²) < 4.78 is 0. The SMILES string of the molecule is CCc1c(O)cc(O)c(-c2ccccc2)c1CCC(=O)NCCO. The van der Waals surface area contributed by atoms with Gasteiger partial charge in [0.2, 0.25) is 5.91 Å². The number of hydrogen-bond acceptors (Lipinski definition) is 4. The van der Waals surface area contributed by atoms with Crippen molar-refractivity contribution in [3.63, 3.8) is 0 Å². The van der Waals surface area contributed by atoms with Crippen LogP contribution >= 0.6 is 0 Å². The number of phenols is 2. The van der Waals surface area contributed by atoms with Gasteiger partial charge in [-0.1, -0.05) is 37.3 Å². The van der Waals surface area contributed by atoms with Crippen LogP contribution in [0.15, 0.2) is 36.4 Å². The van der Waals surface area contributed by atoms with Crippen LogP contribution in [0.2, 0.25) is 0 Å². The predicted octanol–water partition coefficient (Wildman–Crippen LogP) is 2.37. The molecule has 1 amide bonds. The van der Waals surface area contributed by atoms with Crippen molar-refractivity contribution in [3.8, 4) is 22.6 Å². The molecule has 0 aliphatic rings. The number of benzene rings is 2. The van der Waals surface area contributed by atoms with E-state index in [9.17, 15) is 15.0 Å². The Morgan fingerprint density at radius 1 is 1.08 bits per heavy atom. The molecule has 0 fully saturated rings. The predicted molar refractivity (Wildman–Crippen MR) is 93.0 cm³/mol. The van der Waals surface area contributed by atoms with Crippen molar-refractivity contribution >= 4 is 5.91 Å². The largest absolute Gasteiger partial charge is 0.508 e. The zero-order valence-corrected chi connectivity index (χ0v) is 13.7. The van der Waals surface area contributed by atoms with Gasteiger partial charge in [0.05, 0.1) is 6.61 Å². The maximum atomic E-state index is 11.8. The van der Waals surface area contributed by atoms with Crippen LogP contribution in [0.4, 0.5) is 0 Å². The van der Waals surface area contributed by atoms with E-state index in [-0.39, 0.29) is 37.0 Å². The number of aromatic hydroxyl groups is 2. The lowest BCUT2D eigenvalue weighted by Crippen LogP contribution is -2.26. The van der Waals surface area contributed by atoms with Crippen molar-refractivity contribution in [2.75, 3.05) is 13.2 Å². The van der Waals surface area contributed by atoms with Gasteiger partial charge < -0.3 is 20.6 Å². The number of rotatable bonds is 7. The highest BCUT2D eigenvalue weighted by molar-refractivity contribution is 5.79. The average Bonchev–Trinajstić information content (AvgIpc) is 2.58. The second-order valence-corrected chi connectivity index (χ2v) is 5.54. The molecule has 0 radical (unpaired) electrons. The van der Waals surface area contributed by atoms with E-state index in [1.54, 1.807) is 0 Å². The van der Waals surface area contributed by atoms with Gasteiger partial charge in [0.1, 0.15) is 11.5 Å². The molecule has 5 nitrogen and oxygen atoms in total. The molecule has 0 saturated heterocycles. The molecule has 0 aliphatic carbocycles. The third kappa shape index (κ3) is 4.06. The third-order valence-electron chi connectivity index (χ3n) is 3.96. The molecule has 128 valence electrons. The molecular weight excluding hydrogens is 306 g/mol. The Bertz CT molecular complexity index is 698. The Morgan fingerprint density at radius 2 is 1.79 bits per heavy atom. The topological polar surface area (TPSA) is 89.8 Å². The van der Waals surface area contributed by atoms with Crippen LogP contribution < -0.4 is 5.32 Å². The molecule has 0 aromatic heterocycles. The maximum Gasteiger partial charge on any atom is 0.220 e. The van der Waals surface area contributed by atoms with Gasteiger partial charge in [-0.25, -0.2) is 0 Å². The Balaban J connectivity index is 2.41. The van der Waals surface area contributed by atoms with Crippen molar-refractivity contribution in [1.29, 1.82) is 0 Å². The van der Waals surface area contributed by atoms with Gasteiger partial charge in [0.15, 0.2) is 0 Å². The minimum Gasteiger partial charge on any atom is -0.508 e. The summed E-state index contributed by atoms with van der Waals surface area (Å²) in [5, 5.41) is 31.9. The summed E-state index contributed by atoms with van der Waals surface area (Å²) in [6.45, 7) is 2.04. The zero-order chi connectivity index (χ0) is 17.5. The Labute approximate surface area is 141 Å². The number of phenolic OH excluding ortho intramolecular Hbond substituents is 2. The zero-order valence-electron chi connectivity index (χ0n) is 13.7. The lowest BCUT2D eigenvalue weighted by molar-refractivity contribution is -0.121. The van der Waals surface area contributed by atoms with Gasteiger partial charge >= 0.3 is 0 Å². The van der Waals surface area contributed by atoms with E-state index in [1.165, 1.54) is 6.07 Å². The molecule has 0 aliphatic heterocycles. The summed E-state index contributed by atoms with van der Waals surface area (Å²) in [5.74, 6) is -0.130. The summed E-state index contributed by atoms with van der Waals surface area (Å²) in [4.78, 5) is 11.8. The van der Waals surface area contributed by atoms with Gasteiger partial charge in [-0.15, -0.1) is 0 Å². The molecule has 2 rings (SSSR count). The molecule has 2 aromatic carbocycles. The third-order valence-corrected chi connectivity index (χ3v) is 3.96. The molecule has 4 N–H and O–H groups in total. The molecule has 0 atom stereocenters. The summed E-state index contributed by atoms with van der Waals surface area (Å²) in [7, 11) is 0. The fourth-order valence-corrected chi connectivity index (χ4v) is 2.87. The highest BCUT2D eigenvalue weighted by Crippen LogP contribution is 2.40. The highest BCUT2D eigenvalue weighted by Gasteiger charge is 2.18. The molecular formula is C19H23NO4. The van der Waals surface area contributed by atoms with E-state index in [4.69, 9.17) is 5.11 Å². The van der Waals surface area contributed by atoms with Gasteiger partial charge in [-0.3, -0.25) is 4.79 Å². The molecule has 5 heteroatoms. The Kier molecular flexibility index (Phi) is 6.21. The lowest BCUT2D eigenvalue weighted by atomic mass is 9.89. The monoisotopic (exact) mass is 329 g/mol. The number of carbonyl (C=O) groups is 1.